The zero-order valence-corrected chi connectivity index (χ0v) is 23.4. The Morgan fingerprint density at radius 1 is 0.977 bits per heavy atom. The van der Waals surface area contributed by atoms with Crippen molar-refractivity contribution in [3.05, 3.63) is 102 Å². The van der Waals surface area contributed by atoms with E-state index in [9.17, 15) is 9.90 Å². The van der Waals surface area contributed by atoms with Crippen LogP contribution in [0, 0.1) is 10.8 Å². The molecule has 3 heterocycles. The van der Waals surface area contributed by atoms with Gasteiger partial charge in [-0.15, -0.1) is 0 Å². The van der Waals surface area contributed by atoms with Gasteiger partial charge in [-0.3, -0.25) is 15.2 Å². The van der Waals surface area contributed by atoms with E-state index in [-0.39, 0.29) is 35.4 Å². The summed E-state index contributed by atoms with van der Waals surface area (Å²) in [6.07, 6.45) is 9.01. The largest absolute Gasteiger partial charge is 0.507 e. The van der Waals surface area contributed by atoms with Crippen molar-refractivity contribution in [3.8, 4) is 5.75 Å². The number of phenolic OH excluding ortho intramolecular Hbond substituents is 1. The summed E-state index contributed by atoms with van der Waals surface area (Å²) in [5, 5.41) is 29.5. The molecule has 0 aliphatic carbocycles. The third kappa shape index (κ3) is 7.17. The Bertz CT molecular complexity index is 1720. The van der Waals surface area contributed by atoms with Crippen molar-refractivity contribution >= 4 is 40.4 Å². The summed E-state index contributed by atoms with van der Waals surface area (Å²) in [5.41, 5.74) is 8.46. The van der Waals surface area contributed by atoms with E-state index in [0.29, 0.717) is 42.2 Å². The van der Waals surface area contributed by atoms with Gasteiger partial charge in [-0.1, -0.05) is 30.3 Å². The highest BCUT2D eigenvalue weighted by molar-refractivity contribution is 6.12. The average Bonchev–Trinajstić information content (AvgIpc) is 3.28. The highest BCUT2D eigenvalue weighted by Gasteiger charge is 2.20. The minimum atomic E-state index is -0.318. The number of phenols is 1. The van der Waals surface area contributed by atoms with E-state index in [2.05, 4.69) is 30.2 Å². The molecule has 5 rings (SSSR count). The van der Waals surface area contributed by atoms with Crippen molar-refractivity contribution in [1.29, 1.82) is 10.8 Å². The summed E-state index contributed by atoms with van der Waals surface area (Å²) >= 11 is 0. The molecule has 1 fully saturated rings. The maximum atomic E-state index is 12.5. The second-order valence-corrected chi connectivity index (χ2v) is 9.83. The Kier molecular flexibility index (Phi) is 8.96. The topological polar surface area (TPSA) is 181 Å². The van der Waals surface area contributed by atoms with Gasteiger partial charge in [0.05, 0.1) is 28.6 Å². The highest BCUT2D eigenvalue weighted by atomic mass is 16.3. The number of nitrogens with two attached hydrogens (primary N) is 1. The minimum absolute atomic E-state index is 0.00363. The molecular formula is C31H32N10O2. The lowest BCUT2D eigenvalue weighted by molar-refractivity contribution is 0.0953. The molecule has 1 amide bonds. The number of amides is 1. The number of fused-ring (bicyclic) bond motifs is 1. The lowest BCUT2D eigenvalue weighted by atomic mass is 10.1. The van der Waals surface area contributed by atoms with Crippen molar-refractivity contribution in [3.63, 3.8) is 0 Å². The Morgan fingerprint density at radius 3 is 2.58 bits per heavy atom. The van der Waals surface area contributed by atoms with Crippen molar-refractivity contribution in [2.24, 2.45) is 5.73 Å². The fourth-order valence-corrected chi connectivity index (χ4v) is 4.74. The average molecular weight is 577 g/mol. The van der Waals surface area contributed by atoms with Gasteiger partial charge in [-0.2, -0.15) is 0 Å². The molecule has 2 aromatic heterocycles. The molecule has 0 atom stereocenters. The normalized spacial score (nSPS) is 14.1. The van der Waals surface area contributed by atoms with E-state index in [1.54, 1.807) is 36.5 Å². The molecular weight excluding hydrogens is 544 g/mol. The van der Waals surface area contributed by atoms with E-state index in [0.717, 1.165) is 24.3 Å². The molecule has 0 spiro atoms. The molecule has 0 unspecified atom stereocenters. The van der Waals surface area contributed by atoms with Crippen LogP contribution in [0.5, 0.6) is 5.75 Å². The maximum Gasteiger partial charge on any atom is 0.271 e. The Balaban J connectivity index is 1.19. The first kappa shape index (κ1) is 28.9. The van der Waals surface area contributed by atoms with E-state index < -0.39 is 0 Å². The third-order valence-electron chi connectivity index (χ3n) is 6.90. The van der Waals surface area contributed by atoms with Gasteiger partial charge in [-0.25, -0.2) is 15.0 Å². The summed E-state index contributed by atoms with van der Waals surface area (Å²) in [7, 11) is 0. The van der Waals surface area contributed by atoms with Gasteiger partial charge >= 0.3 is 0 Å². The van der Waals surface area contributed by atoms with Crippen molar-refractivity contribution in [1.82, 2.24) is 30.2 Å². The summed E-state index contributed by atoms with van der Waals surface area (Å²) < 4.78 is 0. The fraction of sp³-hybridized carbons (Fsp3) is 0.194. The first-order chi connectivity index (χ1) is 20.9. The molecule has 4 aromatic rings. The van der Waals surface area contributed by atoms with Crippen LogP contribution >= 0.6 is 0 Å². The molecule has 6 N–H and O–H groups in total. The summed E-state index contributed by atoms with van der Waals surface area (Å²) in [6, 6.07) is 15.9. The van der Waals surface area contributed by atoms with E-state index >= 15 is 0 Å². The monoisotopic (exact) mass is 576 g/mol. The van der Waals surface area contributed by atoms with Crippen LogP contribution in [-0.2, 0) is 0 Å². The Hall–Kier alpha value is -5.65. The maximum absolute atomic E-state index is 12.5. The number of aromatic nitrogens is 4. The summed E-state index contributed by atoms with van der Waals surface area (Å²) in [6.45, 7) is 2.85. The van der Waals surface area contributed by atoms with Crippen LogP contribution in [0.2, 0.25) is 0 Å². The highest BCUT2D eigenvalue weighted by Crippen LogP contribution is 2.20. The number of carbonyl (C=O) groups is 1. The fourth-order valence-electron chi connectivity index (χ4n) is 4.74. The first-order valence-electron chi connectivity index (χ1n) is 13.8. The van der Waals surface area contributed by atoms with Crippen LogP contribution in [0.3, 0.4) is 0 Å². The molecule has 1 aliphatic rings. The number of nitrogens with one attached hydrogen (secondary N) is 3. The van der Waals surface area contributed by atoms with Crippen LogP contribution in [0.25, 0.3) is 17.1 Å². The SMILES string of the molecule is N=C(N)/C(=C\C(=N)c1ccccc1O)N1CCCN(c2ccnc(/C=C/CNC(=O)c3cnc4ccccc4n3)n2)CC1. The predicted octanol–water partition coefficient (Wildman–Crippen LogP) is 2.97. The van der Waals surface area contributed by atoms with Crippen molar-refractivity contribution in [2.75, 3.05) is 37.6 Å². The van der Waals surface area contributed by atoms with Crippen molar-refractivity contribution < 1.29 is 9.90 Å². The van der Waals surface area contributed by atoms with Gasteiger partial charge in [0.25, 0.3) is 5.91 Å². The minimum Gasteiger partial charge on any atom is -0.507 e. The number of aromatic hydroxyl groups is 1. The molecule has 218 valence electrons. The van der Waals surface area contributed by atoms with Gasteiger partial charge in [0.2, 0.25) is 0 Å². The number of hydrogen-bond acceptors (Lipinski definition) is 10. The Morgan fingerprint density at radius 2 is 1.77 bits per heavy atom. The molecule has 1 aliphatic heterocycles. The van der Waals surface area contributed by atoms with Crippen LogP contribution in [0.4, 0.5) is 5.82 Å². The van der Waals surface area contributed by atoms with E-state index in [1.807, 2.05) is 35.2 Å². The molecule has 0 bridgehead atoms. The number of anilines is 1. The van der Waals surface area contributed by atoms with Gasteiger partial charge < -0.3 is 31.4 Å². The molecule has 0 radical (unpaired) electrons. The standard InChI is InChI=1S/C31H32N10O2/c32-22(21-7-1-4-10-27(21)42)19-26(30(33)34)40-15-6-16-41(18-17-40)29-12-14-35-28(39-29)11-5-13-36-31(43)25-20-37-23-8-2-3-9-24(23)38-25/h1-5,7-12,14,19-20,32,42H,6,13,15-18H2,(H3,33,34)(H,36,43)/b11-5+,26-19+,32-22?. The van der Waals surface area contributed by atoms with Gasteiger partial charge in [0.1, 0.15) is 23.1 Å². The van der Waals surface area contributed by atoms with Crippen LogP contribution in [0.15, 0.2) is 84.8 Å². The Labute approximate surface area is 248 Å². The lowest BCUT2D eigenvalue weighted by Crippen LogP contribution is -2.35. The van der Waals surface area contributed by atoms with E-state index in [1.165, 1.54) is 18.3 Å². The second-order valence-electron chi connectivity index (χ2n) is 9.83. The molecule has 1 saturated heterocycles. The number of hydrogen-bond donors (Lipinski definition) is 5. The van der Waals surface area contributed by atoms with Crippen molar-refractivity contribution in [2.45, 2.75) is 6.42 Å². The number of allylic oxidation sites excluding steroid dienone is 1. The number of rotatable bonds is 9. The van der Waals surface area contributed by atoms with Gasteiger partial charge in [0.15, 0.2) is 5.82 Å². The predicted molar refractivity (Wildman–Crippen MR) is 166 cm³/mol. The summed E-state index contributed by atoms with van der Waals surface area (Å²) in [4.78, 5) is 34.3. The molecule has 0 saturated carbocycles. The van der Waals surface area contributed by atoms with Crippen LogP contribution in [0.1, 0.15) is 28.3 Å². The van der Waals surface area contributed by atoms with E-state index in [4.69, 9.17) is 16.6 Å². The number of amidine groups is 1. The molecule has 2 aromatic carbocycles. The van der Waals surface area contributed by atoms with Crippen LogP contribution in [-0.4, -0.2) is 80.1 Å². The zero-order valence-electron chi connectivity index (χ0n) is 23.4. The number of benzene rings is 2. The van der Waals surface area contributed by atoms with Gasteiger partial charge in [-0.05, 0) is 48.9 Å². The third-order valence-corrected chi connectivity index (χ3v) is 6.90. The number of nitrogens with zero attached hydrogens (tertiary/aromatic N) is 6. The summed E-state index contributed by atoms with van der Waals surface area (Å²) in [5.74, 6) is 0.828. The lowest BCUT2D eigenvalue weighted by Gasteiger charge is -2.26. The van der Waals surface area contributed by atoms with Gasteiger partial charge in [0, 0.05) is 44.5 Å². The quantitative estimate of drug-likeness (QED) is 0.148. The smallest absolute Gasteiger partial charge is 0.271 e. The molecule has 12 nitrogen and oxygen atoms in total. The zero-order chi connectivity index (χ0) is 30.2. The molecule has 12 heteroatoms. The first-order valence-corrected chi connectivity index (χ1v) is 13.8. The number of para-hydroxylation sites is 3. The van der Waals surface area contributed by atoms with Crippen LogP contribution < -0.4 is 16.0 Å². The second kappa shape index (κ2) is 13.3. The number of carbonyl (C=O) groups excluding carboxylic acids is 1. The molecule has 43 heavy (non-hydrogen) atoms.